The molecule has 1 aliphatic heterocycles. The van der Waals surface area contributed by atoms with Gasteiger partial charge in [-0.1, -0.05) is 0 Å². The number of hydrogen-bond donors (Lipinski definition) is 1. The second kappa shape index (κ2) is 8.20. The Morgan fingerprint density at radius 2 is 2.10 bits per heavy atom. The smallest absolute Gasteiger partial charge is 0.236 e. The molecule has 2 rings (SSSR count). The van der Waals surface area contributed by atoms with Gasteiger partial charge < -0.3 is 15.0 Å². The van der Waals surface area contributed by atoms with Gasteiger partial charge in [0.25, 0.3) is 0 Å². The van der Waals surface area contributed by atoms with Crippen LogP contribution in [0.2, 0.25) is 0 Å². The topological polar surface area (TPSA) is 68.6 Å². The summed E-state index contributed by atoms with van der Waals surface area (Å²) in [6.45, 7) is 5.91. The molecule has 1 amide bonds. The molecule has 0 aromatic rings. The Kier molecular flexibility index (Phi) is 6.25. The first-order valence-electron chi connectivity index (χ1n) is 7.48. The summed E-state index contributed by atoms with van der Waals surface area (Å²) in [5.74, 6) is 0.111. The highest BCUT2D eigenvalue weighted by Crippen LogP contribution is 2.18. The third-order valence-corrected chi connectivity index (χ3v) is 3.76. The number of rotatable bonds is 8. The standard InChI is InChI=1S/C14H24N4O2/c15-4-1-5-18(14(19)12-16-13-2-3-13)7-6-17-8-10-20-11-9-17/h13,16H,1-3,5-12H2. The first kappa shape index (κ1) is 15.2. The molecular weight excluding hydrogens is 256 g/mol. The van der Waals surface area contributed by atoms with E-state index in [1.165, 1.54) is 12.8 Å². The van der Waals surface area contributed by atoms with E-state index in [1.54, 1.807) is 0 Å². The average molecular weight is 280 g/mol. The maximum Gasteiger partial charge on any atom is 0.236 e. The Morgan fingerprint density at radius 1 is 1.35 bits per heavy atom. The number of nitriles is 1. The van der Waals surface area contributed by atoms with Crippen molar-refractivity contribution in [1.82, 2.24) is 15.1 Å². The molecule has 0 aromatic carbocycles. The molecule has 1 saturated heterocycles. The highest BCUT2D eigenvalue weighted by Gasteiger charge is 2.23. The van der Waals surface area contributed by atoms with Crippen molar-refractivity contribution < 1.29 is 9.53 Å². The van der Waals surface area contributed by atoms with Gasteiger partial charge in [-0.25, -0.2) is 0 Å². The second-order valence-electron chi connectivity index (χ2n) is 5.40. The van der Waals surface area contributed by atoms with Gasteiger partial charge in [0.1, 0.15) is 0 Å². The summed E-state index contributed by atoms with van der Waals surface area (Å²) >= 11 is 0. The van der Waals surface area contributed by atoms with E-state index >= 15 is 0 Å². The summed E-state index contributed by atoms with van der Waals surface area (Å²) in [4.78, 5) is 16.3. The first-order valence-corrected chi connectivity index (χ1v) is 7.48. The van der Waals surface area contributed by atoms with Crippen molar-refractivity contribution in [3.8, 4) is 6.07 Å². The number of nitrogens with one attached hydrogen (secondary N) is 1. The summed E-state index contributed by atoms with van der Waals surface area (Å²) in [6.07, 6.45) is 2.76. The Morgan fingerprint density at radius 3 is 2.75 bits per heavy atom. The maximum absolute atomic E-state index is 12.2. The summed E-state index contributed by atoms with van der Waals surface area (Å²) in [5.41, 5.74) is 0. The second-order valence-corrected chi connectivity index (χ2v) is 5.40. The largest absolute Gasteiger partial charge is 0.379 e. The van der Waals surface area contributed by atoms with Crippen molar-refractivity contribution in [2.24, 2.45) is 0 Å². The zero-order valence-electron chi connectivity index (χ0n) is 12.0. The molecule has 0 aromatic heterocycles. The molecule has 6 heteroatoms. The van der Waals surface area contributed by atoms with Crippen LogP contribution in [0.3, 0.4) is 0 Å². The number of morpholine rings is 1. The molecule has 0 spiro atoms. The van der Waals surface area contributed by atoms with E-state index in [0.29, 0.717) is 32.1 Å². The highest BCUT2D eigenvalue weighted by molar-refractivity contribution is 5.78. The summed E-state index contributed by atoms with van der Waals surface area (Å²) < 4.78 is 5.32. The van der Waals surface area contributed by atoms with Crippen LogP contribution in [0, 0.1) is 11.3 Å². The third kappa shape index (κ3) is 5.45. The monoisotopic (exact) mass is 280 g/mol. The van der Waals surface area contributed by atoms with Gasteiger partial charge in [-0.15, -0.1) is 0 Å². The number of ether oxygens (including phenoxy) is 1. The molecule has 112 valence electrons. The summed E-state index contributed by atoms with van der Waals surface area (Å²) in [5, 5.41) is 12.0. The molecule has 2 aliphatic rings. The Balaban J connectivity index is 1.72. The van der Waals surface area contributed by atoms with Crippen LogP contribution in [0.5, 0.6) is 0 Å². The van der Waals surface area contributed by atoms with Crippen LogP contribution < -0.4 is 5.32 Å². The van der Waals surface area contributed by atoms with E-state index in [-0.39, 0.29) is 5.91 Å². The minimum Gasteiger partial charge on any atom is -0.379 e. The van der Waals surface area contributed by atoms with E-state index in [9.17, 15) is 4.79 Å². The van der Waals surface area contributed by atoms with Gasteiger partial charge in [-0.05, 0) is 12.8 Å². The molecule has 0 bridgehead atoms. The van der Waals surface area contributed by atoms with Crippen LogP contribution in [0.25, 0.3) is 0 Å². The van der Waals surface area contributed by atoms with Gasteiger partial charge in [0.15, 0.2) is 0 Å². The molecule has 6 nitrogen and oxygen atoms in total. The van der Waals surface area contributed by atoms with Crippen molar-refractivity contribution in [2.75, 3.05) is 52.5 Å². The number of carbonyl (C=O) groups excluding carboxylic acids is 1. The van der Waals surface area contributed by atoms with Gasteiger partial charge >= 0.3 is 0 Å². The number of amides is 1. The molecule has 0 unspecified atom stereocenters. The molecule has 1 aliphatic carbocycles. The molecule has 0 atom stereocenters. The number of hydrogen-bond acceptors (Lipinski definition) is 5. The van der Waals surface area contributed by atoms with Gasteiger partial charge in [0.05, 0.1) is 32.2 Å². The van der Waals surface area contributed by atoms with Crippen LogP contribution >= 0.6 is 0 Å². The van der Waals surface area contributed by atoms with Crippen LogP contribution in [-0.4, -0.2) is 74.2 Å². The molecule has 1 saturated carbocycles. The fraction of sp³-hybridized carbons (Fsp3) is 0.857. The van der Waals surface area contributed by atoms with Gasteiger partial charge in [0.2, 0.25) is 5.91 Å². The lowest BCUT2D eigenvalue weighted by atomic mass is 10.3. The molecule has 1 N–H and O–H groups in total. The van der Waals surface area contributed by atoms with Crippen molar-refractivity contribution >= 4 is 5.91 Å². The van der Waals surface area contributed by atoms with Gasteiger partial charge in [-0.3, -0.25) is 9.69 Å². The summed E-state index contributed by atoms with van der Waals surface area (Å²) in [6, 6.07) is 2.66. The molecule has 1 heterocycles. The summed E-state index contributed by atoms with van der Waals surface area (Å²) in [7, 11) is 0. The van der Waals surface area contributed by atoms with Crippen LogP contribution in [0.4, 0.5) is 0 Å². The van der Waals surface area contributed by atoms with Crippen molar-refractivity contribution in [3.63, 3.8) is 0 Å². The Labute approximate surface area is 120 Å². The average Bonchev–Trinajstić information content (AvgIpc) is 3.30. The van der Waals surface area contributed by atoms with E-state index in [1.807, 2.05) is 4.90 Å². The SMILES string of the molecule is N#CCCN(CCN1CCOCC1)C(=O)CNC1CC1. The molecule has 20 heavy (non-hydrogen) atoms. The lowest BCUT2D eigenvalue weighted by molar-refractivity contribution is -0.130. The highest BCUT2D eigenvalue weighted by atomic mass is 16.5. The minimum atomic E-state index is 0.111. The fourth-order valence-electron chi connectivity index (χ4n) is 2.26. The van der Waals surface area contributed by atoms with E-state index < -0.39 is 0 Å². The van der Waals surface area contributed by atoms with Crippen molar-refractivity contribution in [2.45, 2.75) is 25.3 Å². The van der Waals surface area contributed by atoms with Crippen LogP contribution in [0.15, 0.2) is 0 Å². The Bertz CT molecular complexity index is 346. The van der Waals surface area contributed by atoms with E-state index in [0.717, 1.165) is 32.8 Å². The first-order chi connectivity index (χ1) is 9.79. The zero-order valence-corrected chi connectivity index (χ0v) is 12.0. The normalized spacial score (nSPS) is 19.6. The zero-order chi connectivity index (χ0) is 14.2. The molecule has 2 fully saturated rings. The molecule has 0 radical (unpaired) electrons. The number of nitrogens with zero attached hydrogens (tertiary/aromatic N) is 3. The van der Waals surface area contributed by atoms with Gasteiger partial charge in [-0.2, -0.15) is 5.26 Å². The Hall–Kier alpha value is -1.16. The van der Waals surface area contributed by atoms with Gasteiger partial charge in [0, 0.05) is 38.8 Å². The van der Waals surface area contributed by atoms with E-state index in [4.69, 9.17) is 10.00 Å². The van der Waals surface area contributed by atoms with Crippen molar-refractivity contribution in [1.29, 1.82) is 5.26 Å². The predicted molar refractivity (Wildman–Crippen MR) is 75.1 cm³/mol. The van der Waals surface area contributed by atoms with Crippen LogP contribution in [0.1, 0.15) is 19.3 Å². The lowest BCUT2D eigenvalue weighted by Crippen LogP contribution is -2.45. The third-order valence-electron chi connectivity index (χ3n) is 3.76. The quantitative estimate of drug-likeness (QED) is 0.667. The number of carbonyl (C=O) groups is 1. The van der Waals surface area contributed by atoms with E-state index in [2.05, 4.69) is 16.3 Å². The molecular formula is C14H24N4O2. The maximum atomic E-state index is 12.2. The fourth-order valence-corrected chi connectivity index (χ4v) is 2.26. The van der Waals surface area contributed by atoms with Crippen LogP contribution in [-0.2, 0) is 9.53 Å². The van der Waals surface area contributed by atoms with Crippen molar-refractivity contribution in [3.05, 3.63) is 0 Å². The lowest BCUT2D eigenvalue weighted by Gasteiger charge is -2.30. The predicted octanol–water partition coefficient (Wildman–Crippen LogP) is -0.187. The minimum absolute atomic E-state index is 0.111.